The Labute approximate surface area is 119 Å². The summed E-state index contributed by atoms with van der Waals surface area (Å²) in [4.78, 5) is 12.0. The summed E-state index contributed by atoms with van der Waals surface area (Å²) in [5, 5.41) is 4.10. The van der Waals surface area contributed by atoms with Gasteiger partial charge >= 0.3 is 0 Å². The fraction of sp³-hybridized carbons (Fsp3) is 0.438. The zero-order chi connectivity index (χ0) is 14.4. The standard InChI is InChI=1S/C16H23N3O/c1-2-19-11-7-16(20)14-12-13(5-6-15(14)19)4-3-9-18-10-8-17/h5-7,11-12,18H,2-4,8-10,17H2,1H3. The van der Waals surface area contributed by atoms with Crippen LogP contribution in [-0.4, -0.2) is 24.2 Å². The second-order valence-corrected chi connectivity index (χ2v) is 4.96. The van der Waals surface area contributed by atoms with E-state index in [9.17, 15) is 4.79 Å². The molecule has 108 valence electrons. The van der Waals surface area contributed by atoms with Crippen LogP contribution in [0.25, 0.3) is 10.9 Å². The molecule has 20 heavy (non-hydrogen) atoms. The van der Waals surface area contributed by atoms with Crippen molar-refractivity contribution in [1.29, 1.82) is 0 Å². The fourth-order valence-electron chi connectivity index (χ4n) is 2.43. The number of fused-ring (bicyclic) bond motifs is 1. The van der Waals surface area contributed by atoms with E-state index in [0.29, 0.717) is 6.54 Å². The highest BCUT2D eigenvalue weighted by molar-refractivity contribution is 5.79. The fourth-order valence-corrected chi connectivity index (χ4v) is 2.43. The van der Waals surface area contributed by atoms with E-state index in [1.807, 2.05) is 12.3 Å². The van der Waals surface area contributed by atoms with Crippen molar-refractivity contribution >= 4 is 10.9 Å². The normalized spacial score (nSPS) is 11.1. The van der Waals surface area contributed by atoms with Crippen LogP contribution in [0, 0.1) is 0 Å². The van der Waals surface area contributed by atoms with Crippen LogP contribution >= 0.6 is 0 Å². The number of aryl methyl sites for hydroxylation is 2. The van der Waals surface area contributed by atoms with Crippen LogP contribution in [0.15, 0.2) is 35.3 Å². The van der Waals surface area contributed by atoms with E-state index in [4.69, 9.17) is 5.73 Å². The summed E-state index contributed by atoms with van der Waals surface area (Å²) >= 11 is 0. The number of rotatable bonds is 7. The Morgan fingerprint density at radius 1 is 1.25 bits per heavy atom. The van der Waals surface area contributed by atoms with Crippen LogP contribution in [-0.2, 0) is 13.0 Å². The van der Waals surface area contributed by atoms with Crippen LogP contribution < -0.4 is 16.5 Å². The van der Waals surface area contributed by atoms with Gasteiger partial charge in [-0.15, -0.1) is 0 Å². The molecule has 2 rings (SSSR count). The molecule has 0 aliphatic heterocycles. The summed E-state index contributed by atoms with van der Waals surface area (Å²) in [7, 11) is 0. The number of benzene rings is 1. The average Bonchev–Trinajstić information content (AvgIpc) is 2.48. The van der Waals surface area contributed by atoms with E-state index in [-0.39, 0.29) is 5.43 Å². The van der Waals surface area contributed by atoms with Gasteiger partial charge in [-0.2, -0.15) is 0 Å². The molecule has 3 N–H and O–H groups in total. The van der Waals surface area contributed by atoms with Crippen LogP contribution in [0.4, 0.5) is 0 Å². The summed E-state index contributed by atoms with van der Waals surface area (Å²) < 4.78 is 2.10. The van der Waals surface area contributed by atoms with E-state index in [1.165, 1.54) is 5.56 Å². The molecule has 0 saturated heterocycles. The molecule has 2 aromatic rings. The van der Waals surface area contributed by atoms with Gasteiger partial charge in [0.1, 0.15) is 0 Å². The van der Waals surface area contributed by atoms with Gasteiger partial charge in [0.2, 0.25) is 0 Å². The molecule has 1 heterocycles. The van der Waals surface area contributed by atoms with Crippen molar-refractivity contribution in [3.63, 3.8) is 0 Å². The Balaban J connectivity index is 2.13. The Bertz CT molecular complexity index is 619. The molecule has 4 nitrogen and oxygen atoms in total. The Morgan fingerprint density at radius 3 is 2.85 bits per heavy atom. The number of pyridine rings is 1. The van der Waals surface area contributed by atoms with E-state index < -0.39 is 0 Å². The van der Waals surface area contributed by atoms with Gasteiger partial charge in [0, 0.05) is 37.3 Å². The molecule has 0 aliphatic carbocycles. The number of aromatic nitrogens is 1. The smallest absolute Gasteiger partial charge is 0.189 e. The Hall–Kier alpha value is -1.65. The highest BCUT2D eigenvalue weighted by Gasteiger charge is 2.03. The first-order valence-electron chi connectivity index (χ1n) is 7.29. The van der Waals surface area contributed by atoms with Crippen molar-refractivity contribution < 1.29 is 0 Å². The summed E-state index contributed by atoms with van der Waals surface area (Å²) in [6, 6.07) is 7.87. The first-order valence-corrected chi connectivity index (χ1v) is 7.29. The molecule has 1 aromatic carbocycles. The van der Waals surface area contributed by atoms with Gasteiger partial charge in [-0.3, -0.25) is 4.79 Å². The predicted molar refractivity (Wildman–Crippen MR) is 84.1 cm³/mol. The minimum atomic E-state index is 0.104. The van der Waals surface area contributed by atoms with Crippen LogP contribution in [0.1, 0.15) is 18.9 Å². The summed E-state index contributed by atoms with van der Waals surface area (Å²) in [6.45, 7) is 5.45. The minimum Gasteiger partial charge on any atom is -0.348 e. The molecule has 0 radical (unpaired) electrons. The van der Waals surface area contributed by atoms with Gasteiger partial charge in [0.15, 0.2) is 5.43 Å². The first-order chi connectivity index (χ1) is 9.76. The number of hydrogen-bond acceptors (Lipinski definition) is 3. The quantitative estimate of drug-likeness (QED) is 0.752. The van der Waals surface area contributed by atoms with Gasteiger partial charge in [-0.1, -0.05) is 6.07 Å². The molecule has 0 atom stereocenters. The summed E-state index contributed by atoms with van der Waals surface area (Å²) in [6.07, 6.45) is 3.90. The third-order valence-electron chi connectivity index (χ3n) is 3.52. The molecule has 0 fully saturated rings. The van der Waals surface area contributed by atoms with Crippen LogP contribution in [0.2, 0.25) is 0 Å². The molecule has 0 bridgehead atoms. The van der Waals surface area contributed by atoms with Crippen molar-refractivity contribution in [3.8, 4) is 0 Å². The molecule has 0 aliphatic rings. The molecule has 0 amide bonds. The van der Waals surface area contributed by atoms with Crippen molar-refractivity contribution in [3.05, 3.63) is 46.2 Å². The van der Waals surface area contributed by atoms with Gasteiger partial charge < -0.3 is 15.6 Å². The lowest BCUT2D eigenvalue weighted by Gasteiger charge is -2.09. The summed E-state index contributed by atoms with van der Waals surface area (Å²) in [5.74, 6) is 0. The maximum Gasteiger partial charge on any atom is 0.189 e. The van der Waals surface area contributed by atoms with Gasteiger partial charge in [-0.05, 0) is 44.0 Å². The minimum absolute atomic E-state index is 0.104. The molecule has 0 saturated carbocycles. The largest absolute Gasteiger partial charge is 0.348 e. The molecule has 4 heteroatoms. The number of nitrogens with two attached hydrogens (primary N) is 1. The third-order valence-corrected chi connectivity index (χ3v) is 3.52. The lowest BCUT2D eigenvalue weighted by Crippen LogP contribution is -2.23. The van der Waals surface area contributed by atoms with E-state index in [2.05, 4.69) is 28.9 Å². The zero-order valence-corrected chi connectivity index (χ0v) is 12.1. The zero-order valence-electron chi connectivity index (χ0n) is 12.1. The lowest BCUT2D eigenvalue weighted by molar-refractivity contribution is 0.653. The van der Waals surface area contributed by atoms with E-state index >= 15 is 0 Å². The first kappa shape index (κ1) is 14.8. The van der Waals surface area contributed by atoms with Crippen LogP contribution in [0.5, 0.6) is 0 Å². The molecule has 0 spiro atoms. The predicted octanol–water partition coefficient (Wildman–Crippen LogP) is 1.50. The van der Waals surface area contributed by atoms with E-state index in [1.54, 1.807) is 6.07 Å². The lowest BCUT2D eigenvalue weighted by atomic mass is 10.1. The van der Waals surface area contributed by atoms with Gasteiger partial charge in [-0.25, -0.2) is 0 Å². The van der Waals surface area contributed by atoms with Gasteiger partial charge in [0.25, 0.3) is 0 Å². The van der Waals surface area contributed by atoms with Crippen molar-refractivity contribution in [2.75, 3.05) is 19.6 Å². The summed E-state index contributed by atoms with van der Waals surface area (Å²) in [5.41, 5.74) is 7.77. The highest BCUT2D eigenvalue weighted by atomic mass is 16.1. The monoisotopic (exact) mass is 273 g/mol. The topological polar surface area (TPSA) is 60.0 Å². The SMILES string of the molecule is CCn1ccc(=O)c2cc(CCCNCCN)ccc21. The second kappa shape index (κ2) is 7.22. The van der Waals surface area contributed by atoms with Gasteiger partial charge in [0.05, 0.1) is 5.52 Å². The number of nitrogens with zero attached hydrogens (tertiary/aromatic N) is 1. The van der Waals surface area contributed by atoms with Crippen LogP contribution in [0.3, 0.4) is 0 Å². The number of hydrogen-bond donors (Lipinski definition) is 2. The molecule has 0 unspecified atom stereocenters. The maximum absolute atomic E-state index is 12.0. The third kappa shape index (κ3) is 3.46. The maximum atomic E-state index is 12.0. The Morgan fingerprint density at radius 2 is 2.10 bits per heavy atom. The van der Waals surface area contributed by atoms with Crippen molar-refractivity contribution in [2.24, 2.45) is 5.73 Å². The Kier molecular flexibility index (Phi) is 5.32. The van der Waals surface area contributed by atoms with Crippen molar-refractivity contribution in [1.82, 2.24) is 9.88 Å². The molecular formula is C16H23N3O. The average molecular weight is 273 g/mol. The van der Waals surface area contributed by atoms with E-state index in [0.717, 1.165) is 43.4 Å². The highest BCUT2D eigenvalue weighted by Crippen LogP contribution is 2.14. The molecule has 1 aromatic heterocycles. The second-order valence-electron chi connectivity index (χ2n) is 4.96. The number of nitrogens with one attached hydrogen (secondary N) is 1. The molecular weight excluding hydrogens is 250 g/mol. The van der Waals surface area contributed by atoms with Crippen molar-refractivity contribution in [2.45, 2.75) is 26.3 Å².